The smallest absolute Gasteiger partial charge is 0.326 e. The number of carboxylic acid groups (broad SMARTS) is 1. The zero-order valence-corrected chi connectivity index (χ0v) is 23.9. The minimum atomic E-state index is -0.969. The Morgan fingerprint density at radius 2 is 1.79 bits per heavy atom. The highest BCUT2D eigenvalue weighted by Gasteiger charge is 2.22. The monoisotopic (exact) mass is 535 g/mol. The molecule has 9 heteroatoms. The van der Waals surface area contributed by atoms with Crippen molar-refractivity contribution < 1.29 is 14.6 Å². The first-order valence-electron chi connectivity index (χ1n) is 13.7. The summed E-state index contributed by atoms with van der Waals surface area (Å²) in [5.41, 5.74) is 3.62. The van der Waals surface area contributed by atoms with Crippen LogP contribution < -0.4 is 20.5 Å². The summed E-state index contributed by atoms with van der Waals surface area (Å²) >= 11 is 0. The first-order chi connectivity index (χ1) is 18.7. The van der Waals surface area contributed by atoms with E-state index in [9.17, 15) is 14.7 Å². The van der Waals surface area contributed by atoms with Gasteiger partial charge in [0, 0.05) is 43.0 Å². The van der Waals surface area contributed by atoms with Gasteiger partial charge in [0.2, 0.25) is 5.95 Å². The van der Waals surface area contributed by atoms with Gasteiger partial charge in [0.1, 0.15) is 17.6 Å². The number of hydrogen-bond donors (Lipinski definition) is 3. The van der Waals surface area contributed by atoms with Gasteiger partial charge in [-0.1, -0.05) is 51.5 Å². The van der Waals surface area contributed by atoms with Crippen molar-refractivity contribution in [3.05, 3.63) is 63.7 Å². The summed E-state index contributed by atoms with van der Waals surface area (Å²) in [6.07, 6.45) is 6.19. The summed E-state index contributed by atoms with van der Waals surface area (Å²) in [5.74, 6) is 1.09. The van der Waals surface area contributed by atoms with Crippen LogP contribution in [-0.2, 0) is 24.1 Å². The number of benzene rings is 1. The zero-order valence-electron chi connectivity index (χ0n) is 23.9. The van der Waals surface area contributed by atoms with Gasteiger partial charge in [0.05, 0.1) is 12.7 Å². The maximum absolute atomic E-state index is 12.7. The van der Waals surface area contributed by atoms with Crippen molar-refractivity contribution in [2.75, 3.05) is 30.4 Å². The Kier molecular flexibility index (Phi) is 10.5. The van der Waals surface area contributed by atoms with Gasteiger partial charge in [0.25, 0.3) is 5.56 Å². The molecule has 0 radical (unpaired) electrons. The van der Waals surface area contributed by atoms with Crippen LogP contribution in [0.5, 0.6) is 5.75 Å². The second-order valence-corrected chi connectivity index (χ2v) is 10.1. The first kappa shape index (κ1) is 29.7. The van der Waals surface area contributed by atoms with Gasteiger partial charge >= 0.3 is 5.97 Å². The maximum Gasteiger partial charge on any atom is 0.326 e. The highest BCUT2D eigenvalue weighted by atomic mass is 16.5. The molecule has 0 aliphatic heterocycles. The number of carboxylic acids is 1. The minimum absolute atomic E-state index is 0.227. The molecule has 3 N–H and O–H groups in total. The number of nitrogens with zero attached hydrogens (tertiary/aromatic N) is 3. The fraction of sp³-hybridized carbons (Fsp3) is 0.467. The SMILES string of the molecule is CCCc1c[nH]c(=O)c(-c2ccc(C[C@H](Nc3nc(N(CC)CC)ncc3CC(C)C)C(=O)O)cc2)c1OC. The van der Waals surface area contributed by atoms with Crippen molar-refractivity contribution in [2.45, 2.75) is 66.3 Å². The maximum atomic E-state index is 12.7. The number of rotatable bonds is 14. The Bertz CT molecular complexity index is 1300. The Morgan fingerprint density at radius 3 is 2.36 bits per heavy atom. The molecule has 3 aromatic rings. The molecule has 39 heavy (non-hydrogen) atoms. The predicted octanol–water partition coefficient (Wildman–Crippen LogP) is 4.95. The third-order valence-electron chi connectivity index (χ3n) is 6.66. The van der Waals surface area contributed by atoms with Gasteiger partial charge in [-0.15, -0.1) is 0 Å². The molecule has 1 atom stereocenters. The number of aliphatic carboxylic acids is 1. The fourth-order valence-electron chi connectivity index (χ4n) is 4.68. The molecular formula is C30H41N5O4. The number of aromatic nitrogens is 3. The van der Waals surface area contributed by atoms with E-state index in [4.69, 9.17) is 9.72 Å². The van der Waals surface area contributed by atoms with Crippen LogP contribution >= 0.6 is 0 Å². The van der Waals surface area contributed by atoms with E-state index in [0.717, 1.165) is 49.0 Å². The molecule has 0 saturated carbocycles. The molecule has 0 spiro atoms. The molecule has 210 valence electrons. The van der Waals surface area contributed by atoms with Crippen LogP contribution in [0.3, 0.4) is 0 Å². The molecule has 1 aromatic carbocycles. The fourth-order valence-corrected chi connectivity index (χ4v) is 4.68. The van der Waals surface area contributed by atoms with Crippen molar-refractivity contribution >= 4 is 17.7 Å². The summed E-state index contributed by atoms with van der Waals surface area (Å²) < 4.78 is 5.61. The van der Waals surface area contributed by atoms with E-state index in [1.54, 1.807) is 19.5 Å². The van der Waals surface area contributed by atoms with Gasteiger partial charge in [-0.3, -0.25) is 4.79 Å². The second-order valence-electron chi connectivity index (χ2n) is 10.1. The lowest BCUT2D eigenvalue weighted by atomic mass is 9.98. The topological polar surface area (TPSA) is 120 Å². The van der Waals surface area contributed by atoms with Crippen molar-refractivity contribution in [2.24, 2.45) is 5.92 Å². The van der Waals surface area contributed by atoms with Crippen LogP contribution in [0.4, 0.5) is 11.8 Å². The minimum Gasteiger partial charge on any atom is -0.496 e. The molecule has 0 aliphatic carbocycles. The number of hydrogen-bond acceptors (Lipinski definition) is 7. The largest absolute Gasteiger partial charge is 0.496 e. The Morgan fingerprint density at radius 1 is 1.10 bits per heavy atom. The van der Waals surface area contributed by atoms with Crippen LogP contribution in [0, 0.1) is 5.92 Å². The third kappa shape index (κ3) is 7.37. The molecule has 0 amide bonds. The normalized spacial score (nSPS) is 11.9. The predicted molar refractivity (Wildman–Crippen MR) is 156 cm³/mol. The number of aryl methyl sites for hydroxylation is 1. The van der Waals surface area contributed by atoms with E-state index >= 15 is 0 Å². The zero-order chi connectivity index (χ0) is 28.5. The van der Waals surface area contributed by atoms with Crippen LogP contribution in [-0.4, -0.2) is 52.3 Å². The van der Waals surface area contributed by atoms with Crippen molar-refractivity contribution in [1.82, 2.24) is 15.0 Å². The molecule has 2 heterocycles. The number of nitrogens with one attached hydrogen (secondary N) is 2. The van der Waals surface area contributed by atoms with Gasteiger partial charge in [-0.2, -0.15) is 4.98 Å². The van der Waals surface area contributed by atoms with Gasteiger partial charge in [-0.05, 0) is 43.7 Å². The van der Waals surface area contributed by atoms with Crippen LogP contribution in [0.15, 0.2) is 41.5 Å². The summed E-state index contributed by atoms with van der Waals surface area (Å²) in [5, 5.41) is 13.3. The Labute approximate surface area is 230 Å². The number of ether oxygens (including phenoxy) is 1. The van der Waals surface area contributed by atoms with E-state index in [0.29, 0.717) is 34.6 Å². The molecule has 0 bridgehead atoms. The van der Waals surface area contributed by atoms with E-state index in [2.05, 4.69) is 36.1 Å². The second kappa shape index (κ2) is 13.8. The molecular weight excluding hydrogens is 494 g/mol. The lowest BCUT2D eigenvalue weighted by molar-refractivity contribution is -0.137. The average Bonchev–Trinajstić information content (AvgIpc) is 2.91. The molecule has 0 saturated heterocycles. The highest BCUT2D eigenvalue weighted by Crippen LogP contribution is 2.31. The average molecular weight is 536 g/mol. The van der Waals surface area contributed by atoms with Gasteiger partial charge < -0.3 is 25.0 Å². The van der Waals surface area contributed by atoms with Gasteiger partial charge in [0.15, 0.2) is 0 Å². The summed E-state index contributed by atoms with van der Waals surface area (Å²) in [6.45, 7) is 11.9. The number of carbonyl (C=O) groups is 1. The molecule has 2 aromatic heterocycles. The number of methoxy groups -OCH3 is 1. The summed E-state index contributed by atoms with van der Waals surface area (Å²) in [7, 11) is 1.57. The Balaban J connectivity index is 1.90. The molecule has 0 aliphatic rings. The number of pyridine rings is 1. The van der Waals surface area contributed by atoms with Crippen LogP contribution in [0.25, 0.3) is 11.1 Å². The number of aromatic amines is 1. The quantitative estimate of drug-likeness (QED) is 0.265. The van der Waals surface area contributed by atoms with E-state index in [-0.39, 0.29) is 12.0 Å². The summed E-state index contributed by atoms with van der Waals surface area (Å²) in [4.78, 5) is 39.1. The lowest BCUT2D eigenvalue weighted by Crippen LogP contribution is -2.33. The van der Waals surface area contributed by atoms with E-state index in [1.807, 2.05) is 43.0 Å². The first-order valence-corrected chi connectivity index (χ1v) is 13.7. The lowest BCUT2D eigenvalue weighted by Gasteiger charge is -2.23. The van der Waals surface area contributed by atoms with Crippen LogP contribution in [0.2, 0.25) is 0 Å². The Hall–Kier alpha value is -3.88. The van der Waals surface area contributed by atoms with Crippen molar-refractivity contribution in [3.8, 4) is 16.9 Å². The number of anilines is 2. The van der Waals surface area contributed by atoms with Gasteiger partial charge in [-0.25, -0.2) is 9.78 Å². The third-order valence-corrected chi connectivity index (χ3v) is 6.66. The van der Waals surface area contributed by atoms with Crippen molar-refractivity contribution in [3.63, 3.8) is 0 Å². The highest BCUT2D eigenvalue weighted by molar-refractivity contribution is 5.78. The molecule has 9 nitrogen and oxygen atoms in total. The van der Waals surface area contributed by atoms with Crippen LogP contribution in [0.1, 0.15) is 57.7 Å². The number of H-pyrrole nitrogens is 1. The summed E-state index contributed by atoms with van der Waals surface area (Å²) in [6, 6.07) is 6.49. The molecule has 0 unspecified atom stereocenters. The standard InChI is InChI=1S/C30H41N5O4/c1-7-10-22-17-31-28(36)25(26(22)39-6)21-13-11-20(12-14-21)16-24(29(37)38)33-27-23(15-19(4)5)18-32-30(34-27)35(8-2)9-3/h11-14,17-19,24H,7-10,15-16H2,1-6H3,(H,31,36)(H,37,38)(H,32,33,34)/t24-/m0/s1. The molecule has 0 fully saturated rings. The molecule has 3 rings (SSSR count). The van der Waals surface area contributed by atoms with Crippen molar-refractivity contribution in [1.29, 1.82) is 0 Å². The van der Waals surface area contributed by atoms with E-state index in [1.165, 1.54) is 0 Å². The van der Waals surface area contributed by atoms with E-state index < -0.39 is 12.0 Å².